The minimum Gasteiger partial charge on any atom is -0.395 e. The second-order valence-corrected chi connectivity index (χ2v) is 5.73. The molecule has 108 valence electrons. The zero-order valence-electron chi connectivity index (χ0n) is 12.4. The monoisotopic (exact) mass is 257 g/mol. The van der Waals surface area contributed by atoms with Gasteiger partial charge in [0.2, 0.25) is 0 Å². The molecule has 1 atom stereocenters. The Kier molecular flexibility index (Phi) is 7.82. The molecule has 0 radical (unpaired) electrons. The van der Waals surface area contributed by atoms with Crippen LogP contribution in [-0.4, -0.2) is 74.4 Å². The normalized spacial score (nSPS) is 20.5. The van der Waals surface area contributed by atoms with Crippen LogP contribution in [0.15, 0.2) is 0 Å². The van der Waals surface area contributed by atoms with Crippen molar-refractivity contribution >= 4 is 0 Å². The molecule has 1 fully saturated rings. The summed E-state index contributed by atoms with van der Waals surface area (Å²) in [7, 11) is 4.42. The lowest BCUT2D eigenvalue weighted by atomic mass is 9.96. The predicted octanol–water partition coefficient (Wildman–Crippen LogP) is 0.621. The number of hydrogen-bond acceptors (Lipinski definition) is 4. The molecule has 0 spiro atoms. The molecule has 0 aromatic carbocycles. The molecule has 0 bridgehead atoms. The topological polar surface area (TPSA) is 38.7 Å². The lowest BCUT2D eigenvalue weighted by molar-refractivity contribution is 0.167. The van der Waals surface area contributed by atoms with Gasteiger partial charge < -0.3 is 20.2 Å². The number of piperidine rings is 1. The first kappa shape index (κ1) is 15.9. The molecular weight excluding hydrogens is 226 g/mol. The van der Waals surface area contributed by atoms with Crippen LogP contribution in [0.4, 0.5) is 0 Å². The van der Waals surface area contributed by atoms with Crippen LogP contribution in [0.2, 0.25) is 0 Å². The third kappa shape index (κ3) is 6.14. The molecule has 18 heavy (non-hydrogen) atoms. The Morgan fingerprint density at radius 2 is 2.06 bits per heavy atom. The van der Waals surface area contributed by atoms with Crippen molar-refractivity contribution < 1.29 is 5.11 Å². The third-order valence-electron chi connectivity index (χ3n) is 3.98. The zero-order chi connectivity index (χ0) is 13.4. The average molecular weight is 257 g/mol. The molecule has 4 heteroatoms. The summed E-state index contributed by atoms with van der Waals surface area (Å²) in [6, 6.07) is 0.259. The zero-order valence-corrected chi connectivity index (χ0v) is 12.4. The van der Waals surface area contributed by atoms with Crippen molar-refractivity contribution in [2.45, 2.75) is 32.2 Å². The summed E-state index contributed by atoms with van der Waals surface area (Å²) in [6.07, 6.45) is 3.70. The van der Waals surface area contributed by atoms with Crippen LogP contribution >= 0.6 is 0 Å². The fourth-order valence-electron chi connectivity index (χ4n) is 2.70. The van der Waals surface area contributed by atoms with E-state index in [1.54, 1.807) is 0 Å². The summed E-state index contributed by atoms with van der Waals surface area (Å²) in [6.45, 7) is 8.04. The van der Waals surface area contributed by atoms with Gasteiger partial charge in [-0.05, 0) is 65.5 Å². The SMILES string of the molecule is CCNC(CO)CCN(C)CC1CCN(C)CC1. The van der Waals surface area contributed by atoms with Crippen LogP contribution in [0.5, 0.6) is 0 Å². The first-order valence-corrected chi connectivity index (χ1v) is 7.37. The smallest absolute Gasteiger partial charge is 0.0585 e. The fraction of sp³-hybridized carbons (Fsp3) is 1.00. The largest absolute Gasteiger partial charge is 0.395 e. The molecule has 1 saturated heterocycles. The van der Waals surface area contributed by atoms with Gasteiger partial charge in [0.05, 0.1) is 6.61 Å². The summed E-state index contributed by atoms with van der Waals surface area (Å²) >= 11 is 0. The van der Waals surface area contributed by atoms with Gasteiger partial charge in [-0.25, -0.2) is 0 Å². The molecule has 1 aliphatic heterocycles. The number of likely N-dealkylation sites (N-methyl/N-ethyl adjacent to an activating group) is 1. The molecule has 2 N–H and O–H groups in total. The van der Waals surface area contributed by atoms with Gasteiger partial charge in [0.25, 0.3) is 0 Å². The van der Waals surface area contributed by atoms with E-state index >= 15 is 0 Å². The average Bonchev–Trinajstić information content (AvgIpc) is 2.37. The maximum absolute atomic E-state index is 9.23. The first-order chi connectivity index (χ1) is 8.65. The van der Waals surface area contributed by atoms with Gasteiger partial charge in [-0.2, -0.15) is 0 Å². The summed E-state index contributed by atoms with van der Waals surface area (Å²) < 4.78 is 0. The molecule has 0 amide bonds. The standard InChI is InChI=1S/C14H31N3O/c1-4-15-14(12-18)7-10-17(3)11-13-5-8-16(2)9-6-13/h13-15,18H,4-12H2,1-3H3. The first-order valence-electron chi connectivity index (χ1n) is 7.37. The minimum absolute atomic E-state index is 0.246. The van der Waals surface area contributed by atoms with Crippen molar-refractivity contribution in [1.82, 2.24) is 15.1 Å². The molecule has 1 heterocycles. The van der Waals surface area contributed by atoms with Gasteiger partial charge in [0.1, 0.15) is 0 Å². The van der Waals surface area contributed by atoms with Gasteiger partial charge >= 0.3 is 0 Å². The van der Waals surface area contributed by atoms with Crippen LogP contribution in [0.3, 0.4) is 0 Å². The van der Waals surface area contributed by atoms with E-state index in [4.69, 9.17) is 0 Å². The highest BCUT2D eigenvalue weighted by atomic mass is 16.3. The maximum Gasteiger partial charge on any atom is 0.0585 e. The van der Waals surface area contributed by atoms with Crippen molar-refractivity contribution in [3.8, 4) is 0 Å². The highest BCUT2D eigenvalue weighted by Crippen LogP contribution is 2.16. The molecule has 1 rings (SSSR count). The van der Waals surface area contributed by atoms with Crippen LogP contribution in [0.25, 0.3) is 0 Å². The van der Waals surface area contributed by atoms with Crippen LogP contribution < -0.4 is 5.32 Å². The number of rotatable bonds is 8. The van der Waals surface area contributed by atoms with E-state index in [9.17, 15) is 5.11 Å². The quantitative estimate of drug-likeness (QED) is 0.669. The van der Waals surface area contributed by atoms with Crippen molar-refractivity contribution in [3.63, 3.8) is 0 Å². The summed E-state index contributed by atoms with van der Waals surface area (Å²) in [5.41, 5.74) is 0. The van der Waals surface area contributed by atoms with Gasteiger partial charge in [-0.15, -0.1) is 0 Å². The molecule has 0 aliphatic carbocycles. The number of aliphatic hydroxyl groups is 1. The molecule has 4 nitrogen and oxygen atoms in total. The Morgan fingerprint density at radius 3 is 2.61 bits per heavy atom. The van der Waals surface area contributed by atoms with E-state index in [0.717, 1.165) is 25.4 Å². The second kappa shape index (κ2) is 8.86. The second-order valence-electron chi connectivity index (χ2n) is 5.73. The van der Waals surface area contributed by atoms with Crippen molar-refractivity contribution in [3.05, 3.63) is 0 Å². The molecule has 0 aromatic heterocycles. The highest BCUT2D eigenvalue weighted by molar-refractivity contribution is 4.73. The Bertz CT molecular complexity index is 205. The van der Waals surface area contributed by atoms with E-state index in [2.05, 4.69) is 36.1 Å². The highest BCUT2D eigenvalue weighted by Gasteiger charge is 2.18. The predicted molar refractivity (Wildman–Crippen MR) is 76.9 cm³/mol. The molecule has 0 saturated carbocycles. The minimum atomic E-state index is 0.246. The van der Waals surface area contributed by atoms with Crippen molar-refractivity contribution in [1.29, 1.82) is 0 Å². The van der Waals surface area contributed by atoms with Crippen LogP contribution in [0, 0.1) is 5.92 Å². The van der Waals surface area contributed by atoms with E-state index < -0.39 is 0 Å². The lowest BCUT2D eigenvalue weighted by Crippen LogP contribution is -2.39. The Balaban J connectivity index is 2.14. The summed E-state index contributed by atoms with van der Waals surface area (Å²) in [5, 5.41) is 12.5. The van der Waals surface area contributed by atoms with E-state index in [1.807, 2.05) is 0 Å². The molecule has 0 aromatic rings. The maximum atomic E-state index is 9.23. The van der Waals surface area contributed by atoms with Crippen LogP contribution in [0.1, 0.15) is 26.2 Å². The Hall–Kier alpha value is -0.160. The number of aliphatic hydroxyl groups excluding tert-OH is 1. The number of nitrogens with one attached hydrogen (secondary N) is 1. The number of hydrogen-bond donors (Lipinski definition) is 2. The lowest BCUT2D eigenvalue weighted by Gasteiger charge is -2.32. The van der Waals surface area contributed by atoms with Crippen LogP contribution in [-0.2, 0) is 0 Å². The molecule has 1 unspecified atom stereocenters. The van der Waals surface area contributed by atoms with Crippen molar-refractivity contribution in [2.24, 2.45) is 5.92 Å². The Morgan fingerprint density at radius 1 is 1.39 bits per heavy atom. The van der Waals surface area contributed by atoms with Gasteiger partial charge in [-0.3, -0.25) is 0 Å². The third-order valence-corrected chi connectivity index (χ3v) is 3.98. The Labute approximate surface area is 112 Å². The fourth-order valence-corrected chi connectivity index (χ4v) is 2.70. The molecule has 1 aliphatic rings. The number of likely N-dealkylation sites (tertiary alicyclic amines) is 1. The van der Waals surface area contributed by atoms with Crippen molar-refractivity contribution in [2.75, 3.05) is 53.4 Å². The summed E-state index contributed by atoms with van der Waals surface area (Å²) in [5.74, 6) is 0.859. The van der Waals surface area contributed by atoms with E-state index in [-0.39, 0.29) is 12.6 Å². The van der Waals surface area contributed by atoms with E-state index in [1.165, 1.54) is 32.5 Å². The number of nitrogens with zero attached hydrogens (tertiary/aromatic N) is 2. The van der Waals surface area contributed by atoms with E-state index in [0.29, 0.717) is 0 Å². The van der Waals surface area contributed by atoms with Gasteiger partial charge in [0.15, 0.2) is 0 Å². The van der Waals surface area contributed by atoms with Gasteiger partial charge in [0, 0.05) is 12.6 Å². The molecular formula is C14H31N3O. The van der Waals surface area contributed by atoms with Gasteiger partial charge in [-0.1, -0.05) is 6.92 Å². The summed E-state index contributed by atoms with van der Waals surface area (Å²) in [4.78, 5) is 4.85.